The van der Waals surface area contributed by atoms with Gasteiger partial charge in [0.1, 0.15) is 0 Å². The molecule has 0 fully saturated rings. The number of rotatable bonds is 5. The second-order valence-electron chi connectivity index (χ2n) is 4.36. The molecule has 5 heteroatoms. The van der Waals surface area contributed by atoms with Crippen LogP contribution in [-0.2, 0) is 4.79 Å². The van der Waals surface area contributed by atoms with Gasteiger partial charge in [0.25, 0.3) is 5.91 Å². The molecule has 5 nitrogen and oxygen atoms in total. The third-order valence-electron chi connectivity index (χ3n) is 2.58. The number of hydrogen-bond acceptors (Lipinski definition) is 3. The molecule has 98 valence electrons. The van der Waals surface area contributed by atoms with Crippen LogP contribution in [0.1, 0.15) is 30.6 Å². The van der Waals surface area contributed by atoms with E-state index in [0.717, 1.165) is 0 Å². The lowest BCUT2D eigenvalue weighted by Gasteiger charge is -2.26. The lowest BCUT2D eigenvalue weighted by molar-refractivity contribution is -0.137. The topological polar surface area (TPSA) is 83.6 Å². The number of anilines is 1. The first-order chi connectivity index (χ1) is 8.41. The molecule has 0 aliphatic rings. The molecular weight excluding hydrogens is 232 g/mol. The maximum absolute atomic E-state index is 12.2. The van der Waals surface area contributed by atoms with Crippen LogP contribution in [0.5, 0.6) is 0 Å². The van der Waals surface area contributed by atoms with Gasteiger partial charge in [-0.15, -0.1) is 0 Å². The van der Waals surface area contributed by atoms with Crippen molar-refractivity contribution in [1.29, 1.82) is 0 Å². The number of nitrogen functional groups attached to an aromatic ring is 1. The number of benzene rings is 1. The van der Waals surface area contributed by atoms with Crippen LogP contribution in [0, 0.1) is 0 Å². The Morgan fingerprint density at radius 3 is 2.56 bits per heavy atom. The fourth-order valence-corrected chi connectivity index (χ4v) is 1.65. The van der Waals surface area contributed by atoms with Crippen molar-refractivity contribution in [3.63, 3.8) is 0 Å². The molecule has 0 bridgehead atoms. The molecule has 0 heterocycles. The summed E-state index contributed by atoms with van der Waals surface area (Å²) >= 11 is 0. The molecule has 1 aromatic rings. The number of carbonyl (C=O) groups excluding carboxylic acids is 1. The number of nitrogens with zero attached hydrogens (tertiary/aromatic N) is 1. The molecular formula is C13H18N2O3. The molecule has 3 N–H and O–H groups in total. The molecule has 0 aromatic heterocycles. The summed E-state index contributed by atoms with van der Waals surface area (Å²) in [4.78, 5) is 24.3. The molecule has 0 spiro atoms. The third-order valence-corrected chi connectivity index (χ3v) is 2.58. The zero-order chi connectivity index (χ0) is 13.7. The van der Waals surface area contributed by atoms with Crippen molar-refractivity contribution < 1.29 is 14.7 Å². The summed E-state index contributed by atoms with van der Waals surface area (Å²) in [7, 11) is 0. The predicted octanol–water partition coefficient (Wildman–Crippen LogP) is 1.59. The van der Waals surface area contributed by atoms with Crippen LogP contribution in [0.2, 0.25) is 0 Å². The van der Waals surface area contributed by atoms with Crippen molar-refractivity contribution in [1.82, 2.24) is 4.90 Å². The van der Waals surface area contributed by atoms with Crippen molar-refractivity contribution in [3.05, 3.63) is 29.8 Å². The zero-order valence-electron chi connectivity index (χ0n) is 10.6. The summed E-state index contributed by atoms with van der Waals surface area (Å²) in [5.41, 5.74) is 6.63. The molecule has 1 amide bonds. The highest BCUT2D eigenvalue weighted by molar-refractivity contribution is 5.95. The van der Waals surface area contributed by atoms with Crippen LogP contribution in [0.3, 0.4) is 0 Å². The van der Waals surface area contributed by atoms with Crippen LogP contribution >= 0.6 is 0 Å². The molecule has 0 aliphatic heterocycles. The Labute approximate surface area is 106 Å². The van der Waals surface area contributed by atoms with Gasteiger partial charge in [-0.05, 0) is 32.0 Å². The van der Waals surface area contributed by atoms with Crippen molar-refractivity contribution in [2.75, 3.05) is 12.3 Å². The van der Waals surface area contributed by atoms with Gasteiger partial charge < -0.3 is 15.7 Å². The first kappa shape index (κ1) is 14.0. The fraction of sp³-hybridized carbons (Fsp3) is 0.385. The van der Waals surface area contributed by atoms with Gasteiger partial charge >= 0.3 is 5.97 Å². The standard InChI is InChI=1S/C13H18N2O3/c1-9(2)15(7-6-12(16)17)13(18)10-4-3-5-11(14)8-10/h3-5,8-9H,6-7,14H2,1-2H3,(H,16,17). The average molecular weight is 250 g/mol. The highest BCUT2D eigenvalue weighted by Crippen LogP contribution is 2.12. The van der Waals surface area contributed by atoms with E-state index in [1.165, 1.54) is 4.90 Å². The van der Waals surface area contributed by atoms with Crippen molar-refractivity contribution in [3.8, 4) is 0 Å². The normalized spacial score (nSPS) is 10.4. The van der Waals surface area contributed by atoms with E-state index in [2.05, 4.69) is 0 Å². The molecule has 1 aromatic carbocycles. The number of nitrogens with two attached hydrogens (primary N) is 1. The van der Waals surface area contributed by atoms with Crippen LogP contribution in [0.15, 0.2) is 24.3 Å². The molecule has 18 heavy (non-hydrogen) atoms. The largest absolute Gasteiger partial charge is 0.481 e. The first-order valence-corrected chi connectivity index (χ1v) is 5.80. The van der Waals surface area contributed by atoms with Gasteiger partial charge in [0.15, 0.2) is 0 Å². The van der Waals surface area contributed by atoms with Gasteiger partial charge in [0.2, 0.25) is 0 Å². The Balaban J connectivity index is 2.85. The van der Waals surface area contributed by atoms with E-state index >= 15 is 0 Å². The Bertz CT molecular complexity index is 444. The number of carboxylic acids is 1. The zero-order valence-corrected chi connectivity index (χ0v) is 10.6. The lowest BCUT2D eigenvalue weighted by Crippen LogP contribution is -2.38. The van der Waals surface area contributed by atoms with Crippen molar-refractivity contribution in [2.24, 2.45) is 0 Å². The van der Waals surface area contributed by atoms with Crippen LogP contribution in [0.25, 0.3) is 0 Å². The molecule has 0 radical (unpaired) electrons. The minimum Gasteiger partial charge on any atom is -0.481 e. The second kappa shape index (κ2) is 6.05. The third kappa shape index (κ3) is 3.76. The Hall–Kier alpha value is -2.04. The number of hydrogen-bond donors (Lipinski definition) is 2. The summed E-state index contributed by atoms with van der Waals surface area (Å²) in [6.07, 6.45) is -0.0633. The number of carboxylic acid groups (broad SMARTS) is 1. The SMILES string of the molecule is CC(C)N(CCC(=O)O)C(=O)c1cccc(N)c1. The van der Waals surface area contributed by atoms with Crippen molar-refractivity contribution >= 4 is 17.6 Å². The van der Waals surface area contributed by atoms with Gasteiger partial charge in [-0.25, -0.2) is 0 Å². The molecule has 1 rings (SSSR count). The number of aliphatic carboxylic acids is 1. The van der Waals surface area contributed by atoms with Crippen molar-refractivity contribution in [2.45, 2.75) is 26.3 Å². The van der Waals surface area contributed by atoms with Gasteiger partial charge in [-0.3, -0.25) is 9.59 Å². The number of carbonyl (C=O) groups is 2. The average Bonchev–Trinajstić information content (AvgIpc) is 2.28. The van der Waals surface area contributed by atoms with E-state index in [9.17, 15) is 9.59 Å². The molecule has 0 unspecified atom stereocenters. The summed E-state index contributed by atoms with van der Waals surface area (Å²) in [5.74, 6) is -1.11. The second-order valence-corrected chi connectivity index (χ2v) is 4.36. The minimum absolute atomic E-state index is 0.0571. The van der Waals surface area contributed by atoms with Gasteiger partial charge in [-0.2, -0.15) is 0 Å². The monoisotopic (exact) mass is 250 g/mol. The summed E-state index contributed by atoms with van der Waals surface area (Å²) in [6, 6.07) is 6.62. The quantitative estimate of drug-likeness (QED) is 0.777. The van der Waals surface area contributed by atoms with E-state index in [-0.39, 0.29) is 24.9 Å². The van der Waals surface area contributed by atoms with Gasteiger partial charge in [0.05, 0.1) is 6.42 Å². The Kier molecular flexibility index (Phi) is 4.71. The lowest BCUT2D eigenvalue weighted by atomic mass is 10.1. The summed E-state index contributed by atoms with van der Waals surface area (Å²) in [6.45, 7) is 3.90. The van der Waals surface area contributed by atoms with Crippen LogP contribution in [-0.4, -0.2) is 34.5 Å². The highest BCUT2D eigenvalue weighted by Gasteiger charge is 2.19. The van der Waals surface area contributed by atoms with E-state index in [4.69, 9.17) is 10.8 Å². The molecule has 0 atom stereocenters. The Morgan fingerprint density at radius 2 is 2.06 bits per heavy atom. The maximum atomic E-state index is 12.2. The minimum atomic E-state index is -0.916. The fourth-order valence-electron chi connectivity index (χ4n) is 1.65. The van der Waals surface area contributed by atoms with Gasteiger partial charge in [0, 0.05) is 23.8 Å². The Morgan fingerprint density at radius 1 is 1.39 bits per heavy atom. The highest BCUT2D eigenvalue weighted by atomic mass is 16.4. The first-order valence-electron chi connectivity index (χ1n) is 5.80. The predicted molar refractivity (Wildman–Crippen MR) is 69.3 cm³/mol. The number of amides is 1. The smallest absolute Gasteiger partial charge is 0.305 e. The van der Waals surface area contributed by atoms with E-state index in [1.54, 1.807) is 24.3 Å². The van der Waals surface area contributed by atoms with E-state index < -0.39 is 5.97 Å². The van der Waals surface area contributed by atoms with E-state index in [0.29, 0.717) is 11.3 Å². The molecule has 0 aliphatic carbocycles. The summed E-state index contributed by atoms with van der Waals surface area (Å²) < 4.78 is 0. The maximum Gasteiger partial charge on any atom is 0.305 e. The van der Waals surface area contributed by atoms with E-state index in [1.807, 2.05) is 13.8 Å². The summed E-state index contributed by atoms with van der Waals surface area (Å²) in [5, 5.41) is 8.68. The molecule has 0 saturated carbocycles. The van der Waals surface area contributed by atoms with Gasteiger partial charge in [-0.1, -0.05) is 6.07 Å². The van der Waals surface area contributed by atoms with Crippen LogP contribution in [0.4, 0.5) is 5.69 Å². The van der Waals surface area contributed by atoms with Crippen LogP contribution < -0.4 is 5.73 Å². The molecule has 0 saturated heterocycles.